The average Bonchev–Trinajstić information content (AvgIpc) is 2.32. The standard InChI is InChI=1S/C10H15FN4O2S/c1-14-5-7-15(8-6-14)13-18(16,17)10-9(11)3-2-4-12-10/h2-4,13H,5-8H2,1H3. The summed E-state index contributed by atoms with van der Waals surface area (Å²) in [6.07, 6.45) is 1.25. The van der Waals surface area contributed by atoms with Crippen LogP contribution in [0.4, 0.5) is 4.39 Å². The van der Waals surface area contributed by atoms with Gasteiger partial charge in [0.1, 0.15) is 0 Å². The molecule has 1 aromatic heterocycles. The molecule has 2 heterocycles. The summed E-state index contributed by atoms with van der Waals surface area (Å²) in [6, 6.07) is 2.43. The fourth-order valence-electron chi connectivity index (χ4n) is 1.68. The van der Waals surface area contributed by atoms with E-state index in [1.807, 2.05) is 7.05 Å². The lowest BCUT2D eigenvalue weighted by molar-refractivity contribution is 0.134. The summed E-state index contributed by atoms with van der Waals surface area (Å²) in [5, 5.41) is 0.993. The zero-order valence-corrected chi connectivity index (χ0v) is 10.8. The highest BCUT2D eigenvalue weighted by Gasteiger charge is 2.24. The smallest absolute Gasteiger partial charge is 0.273 e. The molecular formula is C10H15FN4O2S. The Morgan fingerprint density at radius 2 is 2.00 bits per heavy atom. The van der Waals surface area contributed by atoms with E-state index in [0.717, 1.165) is 19.2 Å². The molecule has 0 aliphatic carbocycles. The van der Waals surface area contributed by atoms with Gasteiger partial charge in [-0.1, -0.05) is 0 Å². The van der Waals surface area contributed by atoms with Gasteiger partial charge in [-0.2, -0.15) is 0 Å². The predicted octanol–water partition coefficient (Wildman–Crippen LogP) is -0.339. The predicted molar refractivity (Wildman–Crippen MR) is 63.6 cm³/mol. The van der Waals surface area contributed by atoms with E-state index in [2.05, 4.69) is 14.7 Å². The molecule has 0 atom stereocenters. The van der Waals surface area contributed by atoms with Crippen molar-refractivity contribution in [2.45, 2.75) is 5.03 Å². The van der Waals surface area contributed by atoms with Crippen molar-refractivity contribution in [2.24, 2.45) is 0 Å². The minimum absolute atomic E-state index is 0.560. The highest BCUT2D eigenvalue weighted by molar-refractivity contribution is 7.89. The molecular weight excluding hydrogens is 259 g/mol. The summed E-state index contributed by atoms with van der Waals surface area (Å²) < 4.78 is 37.3. The molecule has 2 rings (SSSR count). The maximum Gasteiger partial charge on any atom is 0.273 e. The summed E-state index contributed by atoms with van der Waals surface area (Å²) in [5.41, 5.74) is 0. The monoisotopic (exact) mass is 274 g/mol. The van der Waals surface area contributed by atoms with E-state index in [4.69, 9.17) is 0 Å². The lowest BCUT2D eigenvalue weighted by Gasteiger charge is -2.31. The van der Waals surface area contributed by atoms with E-state index in [1.165, 1.54) is 12.3 Å². The van der Waals surface area contributed by atoms with Gasteiger partial charge in [0, 0.05) is 32.4 Å². The molecule has 6 nitrogen and oxygen atoms in total. The minimum atomic E-state index is -3.94. The third-order valence-electron chi connectivity index (χ3n) is 2.73. The highest BCUT2D eigenvalue weighted by Crippen LogP contribution is 2.10. The van der Waals surface area contributed by atoms with Crippen molar-refractivity contribution in [3.63, 3.8) is 0 Å². The van der Waals surface area contributed by atoms with Crippen molar-refractivity contribution in [3.05, 3.63) is 24.1 Å². The second kappa shape index (κ2) is 5.27. The van der Waals surface area contributed by atoms with Crippen LogP contribution in [0.3, 0.4) is 0 Å². The normalized spacial score (nSPS) is 19.0. The van der Waals surface area contributed by atoms with Gasteiger partial charge in [0.15, 0.2) is 5.82 Å². The van der Waals surface area contributed by atoms with E-state index in [0.29, 0.717) is 13.1 Å². The van der Waals surface area contributed by atoms with Gasteiger partial charge >= 0.3 is 0 Å². The molecule has 8 heteroatoms. The second-order valence-electron chi connectivity index (χ2n) is 4.18. The first-order valence-electron chi connectivity index (χ1n) is 5.55. The number of hydrazine groups is 1. The van der Waals surface area contributed by atoms with Crippen molar-refractivity contribution >= 4 is 10.0 Å². The van der Waals surface area contributed by atoms with Crippen LogP contribution < -0.4 is 4.83 Å². The largest absolute Gasteiger partial charge is 0.304 e. The summed E-state index contributed by atoms with van der Waals surface area (Å²) in [6.45, 7) is 2.63. The maximum atomic E-state index is 13.4. The zero-order valence-electron chi connectivity index (χ0n) is 10.0. The third-order valence-corrected chi connectivity index (χ3v) is 4.04. The van der Waals surface area contributed by atoms with Gasteiger partial charge < -0.3 is 4.90 Å². The Labute approximate surface area is 105 Å². The molecule has 1 aliphatic heterocycles. The zero-order chi connectivity index (χ0) is 13.2. The number of sulfonamides is 1. The first kappa shape index (κ1) is 13.3. The number of likely N-dealkylation sites (N-methyl/N-ethyl adjacent to an activating group) is 1. The number of aromatic nitrogens is 1. The highest BCUT2D eigenvalue weighted by atomic mass is 32.2. The number of hydrogen-bond donors (Lipinski definition) is 1. The van der Waals surface area contributed by atoms with Gasteiger partial charge in [0.25, 0.3) is 10.0 Å². The van der Waals surface area contributed by atoms with E-state index in [9.17, 15) is 12.8 Å². The number of halogens is 1. The topological polar surface area (TPSA) is 65.5 Å². The summed E-state index contributed by atoms with van der Waals surface area (Å²) in [4.78, 5) is 8.01. The number of pyridine rings is 1. The molecule has 0 spiro atoms. The molecule has 100 valence electrons. The van der Waals surface area contributed by atoms with Crippen LogP contribution in [0.5, 0.6) is 0 Å². The van der Waals surface area contributed by atoms with Crippen molar-refractivity contribution in [1.29, 1.82) is 0 Å². The Bertz CT molecular complexity index is 514. The van der Waals surface area contributed by atoms with E-state index >= 15 is 0 Å². The van der Waals surface area contributed by atoms with Crippen LogP contribution >= 0.6 is 0 Å². The Morgan fingerprint density at radius 1 is 1.33 bits per heavy atom. The van der Waals surface area contributed by atoms with Crippen LogP contribution in [0.1, 0.15) is 0 Å². The molecule has 0 radical (unpaired) electrons. The second-order valence-corrected chi connectivity index (χ2v) is 5.75. The summed E-state index contributed by atoms with van der Waals surface area (Å²) in [7, 11) is -1.97. The molecule has 0 aromatic carbocycles. The molecule has 1 aliphatic rings. The lowest BCUT2D eigenvalue weighted by atomic mass is 10.4. The third kappa shape index (κ3) is 3.02. The molecule has 18 heavy (non-hydrogen) atoms. The van der Waals surface area contributed by atoms with Crippen LogP contribution in [-0.2, 0) is 10.0 Å². The van der Waals surface area contributed by atoms with Crippen LogP contribution in [0.15, 0.2) is 23.4 Å². The van der Waals surface area contributed by atoms with Crippen molar-refractivity contribution in [1.82, 2.24) is 19.7 Å². The average molecular weight is 274 g/mol. The van der Waals surface area contributed by atoms with Gasteiger partial charge in [-0.25, -0.2) is 22.8 Å². The number of nitrogens with one attached hydrogen (secondary N) is 1. The fraction of sp³-hybridized carbons (Fsp3) is 0.500. The number of piperazine rings is 1. The molecule has 1 N–H and O–H groups in total. The van der Waals surface area contributed by atoms with Gasteiger partial charge in [-0.05, 0) is 19.2 Å². The molecule has 1 saturated heterocycles. The summed E-state index contributed by atoms with van der Waals surface area (Å²) >= 11 is 0. The Morgan fingerprint density at radius 3 is 2.61 bits per heavy atom. The summed E-state index contributed by atoms with van der Waals surface area (Å²) in [5.74, 6) is -0.848. The number of rotatable bonds is 3. The maximum absolute atomic E-state index is 13.4. The molecule has 0 saturated carbocycles. The first-order valence-corrected chi connectivity index (χ1v) is 7.04. The van der Waals surface area contributed by atoms with E-state index < -0.39 is 20.9 Å². The van der Waals surface area contributed by atoms with E-state index in [-0.39, 0.29) is 0 Å². The number of hydrogen-bond acceptors (Lipinski definition) is 5. The Balaban J connectivity index is 2.11. The van der Waals surface area contributed by atoms with Crippen molar-refractivity contribution < 1.29 is 12.8 Å². The van der Waals surface area contributed by atoms with Crippen molar-refractivity contribution in [2.75, 3.05) is 33.2 Å². The van der Waals surface area contributed by atoms with Crippen LogP contribution in [0.2, 0.25) is 0 Å². The van der Waals surface area contributed by atoms with Crippen molar-refractivity contribution in [3.8, 4) is 0 Å². The van der Waals surface area contributed by atoms with Crippen LogP contribution in [-0.4, -0.2) is 56.5 Å². The van der Waals surface area contributed by atoms with E-state index in [1.54, 1.807) is 5.01 Å². The van der Waals surface area contributed by atoms with Crippen LogP contribution in [0, 0.1) is 5.82 Å². The SMILES string of the molecule is CN1CCN(NS(=O)(=O)c2ncccc2F)CC1. The first-order chi connectivity index (χ1) is 8.49. The molecule has 1 aromatic rings. The number of nitrogens with zero attached hydrogens (tertiary/aromatic N) is 3. The fourth-order valence-corrected chi connectivity index (χ4v) is 2.81. The van der Waals surface area contributed by atoms with Crippen LogP contribution in [0.25, 0.3) is 0 Å². The van der Waals surface area contributed by atoms with Gasteiger partial charge in [-0.15, -0.1) is 4.83 Å². The Kier molecular flexibility index (Phi) is 3.91. The Hall–Kier alpha value is -1.09. The van der Waals surface area contributed by atoms with Gasteiger partial charge in [0.05, 0.1) is 0 Å². The minimum Gasteiger partial charge on any atom is -0.304 e. The molecule has 0 bridgehead atoms. The lowest BCUT2D eigenvalue weighted by Crippen LogP contribution is -2.52. The molecule has 0 amide bonds. The van der Waals surface area contributed by atoms with Gasteiger partial charge in [-0.3, -0.25) is 0 Å². The quantitative estimate of drug-likeness (QED) is 0.817. The molecule has 1 fully saturated rings. The van der Waals surface area contributed by atoms with Gasteiger partial charge in [0.2, 0.25) is 5.03 Å². The molecule has 0 unspecified atom stereocenters.